The van der Waals surface area contributed by atoms with Crippen LogP contribution in [0.3, 0.4) is 0 Å². The van der Waals surface area contributed by atoms with Crippen LogP contribution in [0, 0.1) is 5.92 Å². The molecule has 1 aliphatic rings. The number of aryl methyl sites for hydroxylation is 2. The van der Waals surface area contributed by atoms with Gasteiger partial charge in [-0.2, -0.15) is 0 Å². The number of hydrogen-bond donors (Lipinski definition) is 2. The van der Waals surface area contributed by atoms with E-state index in [9.17, 15) is 5.11 Å². The molecule has 1 aromatic carbocycles. The quantitative estimate of drug-likeness (QED) is 0.825. The summed E-state index contributed by atoms with van der Waals surface area (Å²) in [6.07, 6.45) is 6.25. The minimum absolute atomic E-state index is 0.220. The molecule has 0 saturated carbocycles. The van der Waals surface area contributed by atoms with Crippen LogP contribution < -0.4 is 5.32 Å². The Balaban J connectivity index is 1.86. The van der Waals surface area contributed by atoms with Crippen molar-refractivity contribution in [2.45, 2.75) is 52.0 Å². The van der Waals surface area contributed by atoms with Crippen molar-refractivity contribution >= 4 is 0 Å². The molecule has 1 unspecified atom stereocenters. The highest BCUT2D eigenvalue weighted by molar-refractivity contribution is 5.33. The van der Waals surface area contributed by atoms with Gasteiger partial charge in [0.25, 0.3) is 0 Å². The van der Waals surface area contributed by atoms with Crippen molar-refractivity contribution in [3.8, 4) is 0 Å². The van der Waals surface area contributed by atoms with Crippen LogP contribution in [0.5, 0.6) is 0 Å². The Kier molecular flexibility index (Phi) is 5.41. The molecule has 106 valence electrons. The van der Waals surface area contributed by atoms with E-state index in [1.54, 1.807) is 11.1 Å². The number of fused-ring (bicyclic) bond motifs is 1. The van der Waals surface area contributed by atoms with Gasteiger partial charge in [-0.3, -0.25) is 0 Å². The van der Waals surface area contributed by atoms with Crippen LogP contribution in [0.25, 0.3) is 0 Å². The summed E-state index contributed by atoms with van der Waals surface area (Å²) in [4.78, 5) is 0. The molecular weight excluding hydrogens is 234 g/mol. The molecule has 0 aliphatic heterocycles. The van der Waals surface area contributed by atoms with E-state index in [-0.39, 0.29) is 12.6 Å². The lowest BCUT2D eigenvalue weighted by atomic mass is 9.90. The van der Waals surface area contributed by atoms with Gasteiger partial charge < -0.3 is 10.4 Å². The zero-order chi connectivity index (χ0) is 13.7. The third-order valence-corrected chi connectivity index (χ3v) is 4.23. The number of hydrogen-bond acceptors (Lipinski definition) is 2. The first-order valence-corrected chi connectivity index (χ1v) is 7.65. The molecule has 2 N–H and O–H groups in total. The summed E-state index contributed by atoms with van der Waals surface area (Å²) < 4.78 is 0. The van der Waals surface area contributed by atoms with E-state index in [0.717, 1.165) is 13.0 Å². The number of aliphatic hydroxyl groups is 1. The van der Waals surface area contributed by atoms with Crippen LogP contribution in [0.4, 0.5) is 0 Å². The first kappa shape index (κ1) is 14.5. The average molecular weight is 261 g/mol. The van der Waals surface area contributed by atoms with Crippen LogP contribution in [-0.4, -0.2) is 24.3 Å². The fourth-order valence-electron chi connectivity index (χ4n) is 2.86. The first-order chi connectivity index (χ1) is 9.20. The van der Waals surface area contributed by atoms with E-state index in [1.807, 2.05) is 0 Å². The number of benzene rings is 1. The average Bonchev–Trinajstić information content (AvgIpc) is 2.43. The molecule has 0 aromatic heterocycles. The minimum Gasteiger partial charge on any atom is -0.395 e. The van der Waals surface area contributed by atoms with Gasteiger partial charge in [-0.25, -0.2) is 0 Å². The summed E-state index contributed by atoms with van der Waals surface area (Å²) in [6, 6.07) is 7.20. The van der Waals surface area contributed by atoms with E-state index in [4.69, 9.17) is 0 Å². The molecule has 19 heavy (non-hydrogen) atoms. The normalized spacial score (nSPS) is 16.4. The van der Waals surface area contributed by atoms with Gasteiger partial charge in [0.1, 0.15) is 0 Å². The Morgan fingerprint density at radius 2 is 1.89 bits per heavy atom. The highest BCUT2D eigenvalue weighted by atomic mass is 16.3. The number of rotatable bonds is 6. The Labute approximate surface area is 117 Å². The second-order valence-electron chi connectivity index (χ2n) is 6.05. The minimum atomic E-state index is 0.220. The SMILES string of the molecule is CC(C)C(CO)NCCc1ccc2c(c1)CCCC2. The lowest BCUT2D eigenvalue weighted by Gasteiger charge is -2.20. The molecule has 0 saturated heterocycles. The third kappa shape index (κ3) is 4.05. The summed E-state index contributed by atoms with van der Waals surface area (Å²) in [5.74, 6) is 0.480. The van der Waals surface area contributed by atoms with Gasteiger partial charge in [0.2, 0.25) is 0 Å². The van der Waals surface area contributed by atoms with Crippen molar-refractivity contribution in [1.29, 1.82) is 0 Å². The number of nitrogens with one attached hydrogen (secondary N) is 1. The van der Waals surface area contributed by atoms with E-state index >= 15 is 0 Å². The van der Waals surface area contributed by atoms with Gasteiger partial charge in [-0.15, -0.1) is 0 Å². The largest absolute Gasteiger partial charge is 0.395 e. The second kappa shape index (κ2) is 7.06. The van der Waals surface area contributed by atoms with Crippen molar-refractivity contribution in [2.75, 3.05) is 13.2 Å². The van der Waals surface area contributed by atoms with Crippen LogP contribution in [0.15, 0.2) is 18.2 Å². The topological polar surface area (TPSA) is 32.3 Å². The van der Waals surface area contributed by atoms with Gasteiger partial charge >= 0.3 is 0 Å². The Hall–Kier alpha value is -0.860. The molecule has 2 heteroatoms. The molecule has 0 radical (unpaired) electrons. The van der Waals surface area contributed by atoms with Crippen LogP contribution in [0.2, 0.25) is 0 Å². The number of aliphatic hydroxyl groups excluding tert-OH is 1. The standard InChI is InChI=1S/C17H27NO/c1-13(2)17(12-19)18-10-9-14-7-8-15-5-3-4-6-16(15)11-14/h7-8,11,13,17-19H,3-6,9-10,12H2,1-2H3. The lowest BCUT2D eigenvalue weighted by Crippen LogP contribution is -2.38. The summed E-state index contributed by atoms with van der Waals surface area (Å²) >= 11 is 0. The Morgan fingerprint density at radius 3 is 2.58 bits per heavy atom. The van der Waals surface area contributed by atoms with E-state index in [0.29, 0.717) is 5.92 Å². The highest BCUT2D eigenvalue weighted by Gasteiger charge is 2.12. The van der Waals surface area contributed by atoms with Gasteiger partial charge in [0.05, 0.1) is 6.61 Å². The predicted molar refractivity (Wildman–Crippen MR) is 80.5 cm³/mol. The summed E-state index contributed by atoms with van der Waals surface area (Å²) in [5.41, 5.74) is 4.54. The predicted octanol–water partition coefficient (Wildman–Crippen LogP) is 2.71. The zero-order valence-corrected chi connectivity index (χ0v) is 12.3. The molecule has 1 aromatic rings. The van der Waals surface area contributed by atoms with Crippen LogP contribution in [0.1, 0.15) is 43.4 Å². The molecule has 0 amide bonds. The van der Waals surface area contributed by atoms with Crippen molar-refractivity contribution < 1.29 is 5.11 Å². The summed E-state index contributed by atoms with van der Waals surface area (Å²) in [7, 11) is 0. The molecule has 1 aliphatic carbocycles. The van der Waals surface area contributed by atoms with Gasteiger partial charge in [0, 0.05) is 6.04 Å². The molecular formula is C17H27NO. The molecule has 1 atom stereocenters. The molecule has 0 fully saturated rings. The van der Waals surface area contributed by atoms with Crippen molar-refractivity contribution in [2.24, 2.45) is 5.92 Å². The van der Waals surface area contributed by atoms with Gasteiger partial charge in [-0.05, 0) is 61.3 Å². The fourth-order valence-corrected chi connectivity index (χ4v) is 2.86. The smallest absolute Gasteiger partial charge is 0.0587 e. The van der Waals surface area contributed by atoms with E-state index in [1.165, 1.54) is 31.2 Å². The molecule has 0 bridgehead atoms. The molecule has 2 nitrogen and oxygen atoms in total. The maximum Gasteiger partial charge on any atom is 0.0587 e. The first-order valence-electron chi connectivity index (χ1n) is 7.65. The molecule has 2 rings (SSSR count). The maximum absolute atomic E-state index is 9.29. The summed E-state index contributed by atoms with van der Waals surface area (Å²) in [6.45, 7) is 5.46. The van der Waals surface area contributed by atoms with E-state index < -0.39 is 0 Å². The molecule has 0 heterocycles. The van der Waals surface area contributed by atoms with Crippen molar-refractivity contribution in [3.63, 3.8) is 0 Å². The van der Waals surface area contributed by atoms with Crippen LogP contribution in [-0.2, 0) is 19.3 Å². The maximum atomic E-state index is 9.29. The summed E-state index contributed by atoms with van der Waals surface area (Å²) in [5, 5.41) is 12.7. The lowest BCUT2D eigenvalue weighted by molar-refractivity contribution is 0.212. The van der Waals surface area contributed by atoms with Gasteiger partial charge in [0.15, 0.2) is 0 Å². The van der Waals surface area contributed by atoms with Crippen molar-refractivity contribution in [3.05, 3.63) is 34.9 Å². The Morgan fingerprint density at radius 1 is 1.16 bits per heavy atom. The third-order valence-electron chi connectivity index (χ3n) is 4.23. The Bertz CT molecular complexity index is 400. The highest BCUT2D eigenvalue weighted by Crippen LogP contribution is 2.22. The van der Waals surface area contributed by atoms with E-state index in [2.05, 4.69) is 37.4 Å². The second-order valence-corrected chi connectivity index (χ2v) is 6.05. The van der Waals surface area contributed by atoms with Crippen LogP contribution >= 0.6 is 0 Å². The monoisotopic (exact) mass is 261 g/mol. The van der Waals surface area contributed by atoms with Crippen molar-refractivity contribution in [1.82, 2.24) is 5.32 Å². The zero-order valence-electron chi connectivity index (χ0n) is 12.3. The van der Waals surface area contributed by atoms with Gasteiger partial charge in [-0.1, -0.05) is 32.0 Å². The molecule has 0 spiro atoms. The fraction of sp³-hybridized carbons (Fsp3) is 0.647.